The van der Waals surface area contributed by atoms with Crippen LogP contribution in [0, 0.1) is 0 Å². The Bertz CT molecular complexity index is 1280. The van der Waals surface area contributed by atoms with Crippen LogP contribution in [0.1, 0.15) is 28.8 Å². The fourth-order valence-corrected chi connectivity index (χ4v) is 4.17. The number of carboxylic acid groups (broad SMARTS) is 2. The third-order valence-electron chi connectivity index (χ3n) is 6.08. The molecular formula is C24H25F9N4O6. The number of ether oxygens (including phenoxy) is 1. The fraction of sp³-hybridized carbons (Fsp3) is 0.500. The zero-order valence-corrected chi connectivity index (χ0v) is 22.3. The van der Waals surface area contributed by atoms with E-state index in [0.717, 1.165) is 36.4 Å². The average Bonchev–Trinajstić information content (AvgIpc) is 3.26. The van der Waals surface area contributed by atoms with Gasteiger partial charge in [-0.15, -0.1) is 0 Å². The van der Waals surface area contributed by atoms with Crippen LogP contribution in [0.25, 0.3) is 0 Å². The highest BCUT2D eigenvalue weighted by Crippen LogP contribution is 2.41. The van der Waals surface area contributed by atoms with Gasteiger partial charge in [0, 0.05) is 38.9 Å². The number of alkyl halides is 9. The lowest BCUT2D eigenvalue weighted by molar-refractivity contribution is -0.193. The number of anilines is 1. The fourth-order valence-electron chi connectivity index (χ4n) is 4.17. The van der Waals surface area contributed by atoms with Gasteiger partial charge in [0.15, 0.2) is 0 Å². The number of rotatable bonds is 3. The summed E-state index contributed by atoms with van der Waals surface area (Å²) in [6.07, 6.45) is -12.1. The van der Waals surface area contributed by atoms with Crippen LogP contribution in [0.3, 0.4) is 0 Å². The number of likely N-dealkylation sites (tertiary alicyclic amines) is 1. The predicted octanol–water partition coefficient (Wildman–Crippen LogP) is 4.21. The molecule has 1 aromatic heterocycles. The summed E-state index contributed by atoms with van der Waals surface area (Å²) in [5.74, 6) is -5.63. The third-order valence-corrected chi connectivity index (χ3v) is 6.08. The molecule has 0 saturated carbocycles. The Balaban J connectivity index is 0.000000384. The highest BCUT2D eigenvalue weighted by molar-refractivity contribution is 5.73. The summed E-state index contributed by atoms with van der Waals surface area (Å²) in [7, 11) is 3.77. The van der Waals surface area contributed by atoms with Crippen molar-refractivity contribution < 1.29 is 69.2 Å². The van der Waals surface area contributed by atoms with E-state index in [1.807, 2.05) is 19.0 Å². The number of aliphatic carboxylic acids is 2. The second kappa shape index (κ2) is 13.2. The van der Waals surface area contributed by atoms with E-state index in [1.54, 1.807) is 6.20 Å². The van der Waals surface area contributed by atoms with Crippen molar-refractivity contribution in [3.63, 3.8) is 0 Å². The van der Waals surface area contributed by atoms with E-state index in [-0.39, 0.29) is 5.41 Å². The Labute approximate surface area is 237 Å². The summed E-state index contributed by atoms with van der Waals surface area (Å²) in [4.78, 5) is 30.9. The highest BCUT2D eigenvalue weighted by Gasteiger charge is 2.45. The van der Waals surface area contributed by atoms with Gasteiger partial charge in [-0.2, -0.15) is 39.5 Å². The number of fused-ring (bicyclic) bond motifs is 2. The molecule has 1 spiro atoms. The molecule has 1 saturated heterocycles. The number of carbonyl (C=O) groups is 2. The Kier molecular flexibility index (Phi) is 10.8. The molecule has 0 bridgehead atoms. The number of benzene rings is 1. The van der Waals surface area contributed by atoms with E-state index in [1.165, 1.54) is 6.07 Å². The lowest BCUT2D eigenvalue weighted by atomic mass is 9.80. The van der Waals surface area contributed by atoms with Crippen LogP contribution in [-0.2, 0) is 39.1 Å². The lowest BCUT2D eigenvalue weighted by Gasteiger charge is -2.35. The van der Waals surface area contributed by atoms with Crippen LogP contribution in [0.15, 0.2) is 24.4 Å². The van der Waals surface area contributed by atoms with Crippen LogP contribution < -0.4 is 4.90 Å². The van der Waals surface area contributed by atoms with Crippen LogP contribution in [0.2, 0.25) is 0 Å². The van der Waals surface area contributed by atoms with Crippen molar-refractivity contribution in [1.82, 2.24) is 14.9 Å². The number of hydrogen-bond donors (Lipinski definition) is 3. The first-order valence-corrected chi connectivity index (χ1v) is 11.9. The Hall–Kier alpha value is -3.87. The standard InChI is InChI=1S/C20H23F3N4O2.2C2HF3O2/c1-26(2)18-24-8-14-10-29-12-19(17(14)25-18)5-6-27(11-19)9-13-3-4-16(28)15(7-13)20(21,22)23;2*3-2(4,5)1(6)7/h3-4,7-8,28H,5-6,9-12H2,1-2H3;2*(H,6,7). The molecule has 2 aliphatic heterocycles. The molecule has 0 aliphatic carbocycles. The van der Waals surface area contributed by atoms with Gasteiger partial charge >= 0.3 is 30.5 Å². The molecule has 1 atom stereocenters. The van der Waals surface area contributed by atoms with Gasteiger partial charge in [-0.25, -0.2) is 19.6 Å². The van der Waals surface area contributed by atoms with Crippen LogP contribution in [0.5, 0.6) is 5.75 Å². The van der Waals surface area contributed by atoms with Gasteiger partial charge in [-0.1, -0.05) is 6.07 Å². The van der Waals surface area contributed by atoms with Crippen molar-refractivity contribution in [2.45, 2.75) is 43.5 Å². The zero-order chi connectivity index (χ0) is 33.0. The smallest absolute Gasteiger partial charge is 0.490 e. The van der Waals surface area contributed by atoms with Crippen LogP contribution in [0.4, 0.5) is 45.5 Å². The summed E-state index contributed by atoms with van der Waals surface area (Å²) >= 11 is 0. The summed E-state index contributed by atoms with van der Waals surface area (Å²) in [5.41, 5.74) is 1.17. The Morgan fingerprint density at radius 3 is 2.07 bits per heavy atom. The Morgan fingerprint density at radius 1 is 1.02 bits per heavy atom. The largest absolute Gasteiger partial charge is 0.507 e. The van der Waals surface area contributed by atoms with Gasteiger partial charge in [-0.3, -0.25) is 4.90 Å². The number of hydrogen-bond acceptors (Lipinski definition) is 8. The molecule has 2 aromatic rings. The van der Waals surface area contributed by atoms with Crippen LogP contribution >= 0.6 is 0 Å². The number of phenolic OH excluding ortho intramolecular Hbond substituents is 1. The molecule has 3 N–H and O–H groups in total. The minimum Gasteiger partial charge on any atom is -0.507 e. The SMILES string of the molecule is CN(C)c1ncc2c(n1)C1(CCN(Cc3ccc(O)c(C(F)(F)F)c3)C1)COC2.O=C(O)C(F)(F)F.O=C(O)C(F)(F)F. The van der Waals surface area contributed by atoms with Crippen molar-refractivity contribution in [3.8, 4) is 5.75 Å². The lowest BCUT2D eigenvalue weighted by Crippen LogP contribution is -2.40. The quantitative estimate of drug-likeness (QED) is 0.421. The molecule has 1 fully saturated rings. The van der Waals surface area contributed by atoms with Gasteiger partial charge in [-0.05, 0) is 30.7 Å². The molecule has 0 radical (unpaired) electrons. The molecule has 1 aromatic carbocycles. The van der Waals surface area contributed by atoms with Crippen molar-refractivity contribution in [2.75, 3.05) is 38.7 Å². The summed E-state index contributed by atoms with van der Waals surface area (Å²) in [6, 6.07) is 3.67. The van der Waals surface area contributed by atoms with E-state index in [2.05, 4.69) is 9.88 Å². The van der Waals surface area contributed by atoms with E-state index >= 15 is 0 Å². The van der Waals surface area contributed by atoms with Gasteiger partial charge in [0.25, 0.3) is 0 Å². The maximum Gasteiger partial charge on any atom is 0.490 e. The van der Waals surface area contributed by atoms with Gasteiger partial charge in [0.2, 0.25) is 5.95 Å². The normalized spacial score (nSPS) is 18.6. The average molecular weight is 636 g/mol. The maximum atomic E-state index is 13.1. The molecule has 0 amide bonds. The zero-order valence-electron chi connectivity index (χ0n) is 22.3. The minimum atomic E-state index is -5.08. The van der Waals surface area contributed by atoms with Crippen molar-refractivity contribution in [3.05, 3.63) is 46.8 Å². The van der Waals surface area contributed by atoms with Crippen molar-refractivity contribution >= 4 is 17.9 Å². The first-order chi connectivity index (χ1) is 19.6. The number of phenols is 1. The molecule has 4 rings (SSSR count). The van der Waals surface area contributed by atoms with E-state index in [9.17, 15) is 44.6 Å². The molecule has 19 heteroatoms. The molecule has 240 valence electrons. The third kappa shape index (κ3) is 9.57. The number of nitrogens with zero attached hydrogens (tertiary/aromatic N) is 4. The van der Waals surface area contributed by atoms with E-state index in [4.69, 9.17) is 29.5 Å². The molecular weight excluding hydrogens is 611 g/mol. The molecule has 43 heavy (non-hydrogen) atoms. The number of aromatic hydroxyl groups is 1. The van der Waals surface area contributed by atoms with Crippen molar-refractivity contribution in [1.29, 1.82) is 0 Å². The molecule has 2 aliphatic rings. The number of carboxylic acids is 2. The molecule has 3 heterocycles. The summed E-state index contributed by atoms with van der Waals surface area (Å²) in [6.45, 7) is 2.74. The van der Waals surface area contributed by atoms with Gasteiger partial charge < -0.3 is 25.0 Å². The van der Waals surface area contributed by atoms with Crippen molar-refractivity contribution in [2.24, 2.45) is 0 Å². The monoisotopic (exact) mass is 636 g/mol. The van der Waals surface area contributed by atoms with Crippen LogP contribution in [-0.4, -0.2) is 88.3 Å². The summed E-state index contributed by atoms with van der Waals surface area (Å²) in [5, 5.41) is 23.8. The van der Waals surface area contributed by atoms with Gasteiger partial charge in [0.1, 0.15) is 5.75 Å². The minimum absolute atomic E-state index is 0.287. The molecule has 10 nitrogen and oxygen atoms in total. The second-order valence-electron chi connectivity index (χ2n) is 9.63. The number of aromatic nitrogens is 2. The topological polar surface area (TPSA) is 136 Å². The second-order valence-corrected chi connectivity index (χ2v) is 9.63. The number of halogens is 9. The summed E-state index contributed by atoms with van der Waals surface area (Å²) < 4.78 is 109. The first-order valence-electron chi connectivity index (χ1n) is 11.9. The highest BCUT2D eigenvalue weighted by atomic mass is 19.4. The maximum absolute atomic E-state index is 13.1. The molecule has 1 unspecified atom stereocenters. The Morgan fingerprint density at radius 2 is 1.58 bits per heavy atom. The predicted molar refractivity (Wildman–Crippen MR) is 128 cm³/mol. The first kappa shape index (κ1) is 35.3. The van der Waals surface area contributed by atoms with Gasteiger partial charge in [0.05, 0.1) is 29.9 Å². The van der Waals surface area contributed by atoms with E-state index < -0.39 is 41.8 Å². The van der Waals surface area contributed by atoms with E-state index in [0.29, 0.717) is 37.8 Å².